The standard InChI is InChI=1S/C52H34N2O/c1-4-14-35(15-5-1)44-32-45(36-16-6-2-7-17-36)34-46(33-44)38-28-26-37(27-29-38)40-20-12-21-41(30-40)42-22-13-23-43(31-42)51-53-50(39-18-8-3-9-19-39)49-47-24-10-11-25-48(47)55-52(49)54-51/h1-34H. The maximum Gasteiger partial charge on any atom is 0.231 e. The number of aromatic nitrogens is 2. The van der Waals surface area contributed by atoms with E-state index in [-0.39, 0.29) is 0 Å². The Morgan fingerprint density at radius 1 is 0.291 bits per heavy atom. The molecule has 258 valence electrons. The Hall–Kier alpha value is -7.36. The minimum atomic E-state index is 0.587. The summed E-state index contributed by atoms with van der Waals surface area (Å²) < 4.78 is 6.29. The summed E-state index contributed by atoms with van der Waals surface area (Å²) in [5.41, 5.74) is 15.9. The molecular weight excluding hydrogens is 669 g/mol. The van der Waals surface area contributed by atoms with Crippen molar-refractivity contribution in [2.45, 2.75) is 0 Å². The molecule has 0 fully saturated rings. The topological polar surface area (TPSA) is 38.9 Å². The Bertz CT molecular complexity index is 2890. The molecule has 3 heteroatoms. The summed E-state index contributed by atoms with van der Waals surface area (Å²) in [7, 11) is 0. The van der Waals surface area contributed by atoms with E-state index in [1.54, 1.807) is 0 Å². The third-order valence-corrected chi connectivity index (χ3v) is 10.3. The SMILES string of the molecule is c1ccc(-c2cc(-c3ccccc3)cc(-c3ccc(-c4cccc(-c5cccc(-c6nc(-c7ccccc7)c7c(n6)oc6ccccc67)c5)c4)cc3)c2)cc1. The van der Waals surface area contributed by atoms with Crippen LogP contribution in [-0.4, -0.2) is 9.97 Å². The highest BCUT2D eigenvalue weighted by molar-refractivity contribution is 6.10. The van der Waals surface area contributed by atoms with E-state index in [1.165, 1.54) is 33.4 Å². The van der Waals surface area contributed by atoms with Crippen molar-refractivity contribution >= 4 is 22.1 Å². The number of para-hydroxylation sites is 1. The molecular formula is C52H34N2O. The van der Waals surface area contributed by atoms with Crippen LogP contribution in [0.2, 0.25) is 0 Å². The van der Waals surface area contributed by atoms with Crippen LogP contribution in [0.4, 0.5) is 0 Å². The van der Waals surface area contributed by atoms with Gasteiger partial charge in [-0.15, -0.1) is 0 Å². The molecule has 0 saturated carbocycles. The molecule has 0 saturated heterocycles. The normalized spacial score (nSPS) is 11.3. The lowest BCUT2D eigenvalue weighted by Crippen LogP contribution is -1.94. The molecule has 0 unspecified atom stereocenters. The van der Waals surface area contributed by atoms with E-state index in [0.717, 1.165) is 55.4 Å². The lowest BCUT2D eigenvalue weighted by molar-refractivity contribution is 0.653. The fourth-order valence-electron chi connectivity index (χ4n) is 7.52. The number of hydrogen-bond donors (Lipinski definition) is 0. The second-order valence-corrected chi connectivity index (χ2v) is 13.8. The summed E-state index contributed by atoms with van der Waals surface area (Å²) in [5.74, 6) is 0.630. The number of rotatable bonds is 7. The fourth-order valence-corrected chi connectivity index (χ4v) is 7.52. The second-order valence-electron chi connectivity index (χ2n) is 13.8. The van der Waals surface area contributed by atoms with Crippen LogP contribution in [0.3, 0.4) is 0 Å². The Labute approximate surface area is 319 Å². The number of benzene rings is 8. The quantitative estimate of drug-likeness (QED) is 0.166. The van der Waals surface area contributed by atoms with Crippen LogP contribution in [-0.2, 0) is 0 Å². The summed E-state index contributed by atoms with van der Waals surface area (Å²) in [5, 5.41) is 1.94. The summed E-state index contributed by atoms with van der Waals surface area (Å²) in [6.45, 7) is 0. The van der Waals surface area contributed by atoms with Crippen molar-refractivity contribution in [1.82, 2.24) is 9.97 Å². The molecule has 10 aromatic rings. The molecule has 2 aromatic heterocycles. The van der Waals surface area contributed by atoms with Crippen LogP contribution >= 0.6 is 0 Å². The third kappa shape index (κ3) is 6.28. The van der Waals surface area contributed by atoms with Crippen LogP contribution in [0, 0.1) is 0 Å². The number of hydrogen-bond acceptors (Lipinski definition) is 3. The molecule has 0 amide bonds. The second kappa shape index (κ2) is 13.9. The van der Waals surface area contributed by atoms with Gasteiger partial charge in [-0.2, -0.15) is 4.98 Å². The van der Waals surface area contributed by atoms with Gasteiger partial charge in [0.25, 0.3) is 0 Å². The predicted octanol–water partition coefficient (Wildman–Crippen LogP) is 14.0. The first-order valence-corrected chi connectivity index (χ1v) is 18.6. The Morgan fingerprint density at radius 2 is 0.691 bits per heavy atom. The summed E-state index contributed by atoms with van der Waals surface area (Å²) in [6.07, 6.45) is 0. The Kier molecular flexibility index (Phi) is 8.16. The van der Waals surface area contributed by atoms with Crippen molar-refractivity contribution in [2.75, 3.05) is 0 Å². The van der Waals surface area contributed by atoms with Crippen LogP contribution in [0.5, 0.6) is 0 Å². The zero-order chi connectivity index (χ0) is 36.6. The molecule has 55 heavy (non-hydrogen) atoms. The Balaban J connectivity index is 0.990. The largest absolute Gasteiger partial charge is 0.438 e. The molecule has 0 radical (unpaired) electrons. The van der Waals surface area contributed by atoms with Gasteiger partial charge in [0.2, 0.25) is 5.71 Å². The molecule has 0 spiro atoms. The predicted molar refractivity (Wildman–Crippen MR) is 227 cm³/mol. The molecule has 0 bridgehead atoms. The monoisotopic (exact) mass is 702 g/mol. The highest BCUT2D eigenvalue weighted by atomic mass is 16.3. The highest BCUT2D eigenvalue weighted by Crippen LogP contribution is 2.38. The molecule has 0 atom stereocenters. The first-order chi connectivity index (χ1) is 27.2. The van der Waals surface area contributed by atoms with Gasteiger partial charge in [0.1, 0.15) is 5.58 Å². The van der Waals surface area contributed by atoms with E-state index >= 15 is 0 Å². The minimum absolute atomic E-state index is 0.587. The molecule has 0 N–H and O–H groups in total. The summed E-state index contributed by atoms with van der Waals surface area (Å²) in [4.78, 5) is 10.1. The van der Waals surface area contributed by atoms with Gasteiger partial charge in [0.15, 0.2) is 5.82 Å². The maximum absolute atomic E-state index is 6.29. The number of nitrogens with zero attached hydrogens (tertiary/aromatic N) is 2. The van der Waals surface area contributed by atoms with Gasteiger partial charge in [-0.05, 0) is 92.0 Å². The van der Waals surface area contributed by atoms with E-state index < -0.39 is 0 Å². The Morgan fingerprint density at radius 3 is 1.27 bits per heavy atom. The van der Waals surface area contributed by atoms with E-state index in [4.69, 9.17) is 14.4 Å². The molecule has 3 nitrogen and oxygen atoms in total. The highest BCUT2D eigenvalue weighted by Gasteiger charge is 2.18. The van der Waals surface area contributed by atoms with Gasteiger partial charge in [-0.25, -0.2) is 4.98 Å². The fraction of sp³-hybridized carbons (Fsp3) is 0. The average molecular weight is 703 g/mol. The summed E-state index contributed by atoms with van der Waals surface area (Å²) in [6, 6.07) is 72.6. The maximum atomic E-state index is 6.29. The third-order valence-electron chi connectivity index (χ3n) is 10.3. The van der Waals surface area contributed by atoms with Crippen molar-refractivity contribution in [2.24, 2.45) is 0 Å². The number of furan rings is 1. The first-order valence-electron chi connectivity index (χ1n) is 18.6. The molecule has 0 aliphatic carbocycles. The van der Waals surface area contributed by atoms with Gasteiger partial charge in [0, 0.05) is 16.5 Å². The van der Waals surface area contributed by atoms with Gasteiger partial charge < -0.3 is 4.42 Å². The van der Waals surface area contributed by atoms with Crippen molar-refractivity contribution in [1.29, 1.82) is 0 Å². The molecule has 0 aliphatic rings. The van der Waals surface area contributed by atoms with Gasteiger partial charge in [-0.3, -0.25) is 0 Å². The van der Waals surface area contributed by atoms with Crippen LogP contribution < -0.4 is 0 Å². The van der Waals surface area contributed by atoms with Crippen molar-refractivity contribution < 1.29 is 4.42 Å². The lowest BCUT2D eigenvalue weighted by Gasteiger charge is -2.12. The summed E-state index contributed by atoms with van der Waals surface area (Å²) >= 11 is 0. The van der Waals surface area contributed by atoms with Gasteiger partial charge in [-0.1, -0.05) is 170 Å². The van der Waals surface area contributed by atoms with Crippen molar-refractivity contribution in [3.63, 3.8) is 0 Å². The van der Waals surface area contributed by atoms with Crippen LogP contribution in [0.25, 0.3) is 100 Å². The molecule has 10 rings (SSSR count). The van der Waals surface area contributed by atoms with E-state index in [9.17, 15) is 0 Å². The van der Waals surface area contributed by atoms with Gasteiger partial charge in [0.05, 0.1) is 11.1 Å². The average Bonchev–Trinajstić information content (AvgIpc) is 3.66. The smallest absolute Gasteiger partial charge is 0.231 e. The van der Waals surface area contributed by atoms with Gasteiger partial charge >= 0.3 is 0 Å². The molecule has 8 aromatic carbocycles. The zero-order valence-corrected chi connectivity index (χ0v) is 29.9. The molecule has 0 aliphatic heterocycles. The number of fused-ring (bicyclic) bond motifs is 3. The van der Waals surface area contributed by atoms with E-state index in [1.807, 2.05) is 36.4 Å². The first kappa shape index (κ1) is 32.3. The van der Waals surface area contributed by atoms with Crippen molar-refractivity contribution in [3.8, 4) is 78.3 Å². The van der Waals surface area contributed by atoms with Crippen molar-refractivity contribution in [3.05, 3.63) is 206 Å². The minimum Gasteiger partial charge on any atom is -0.438 e. The molecule has 2 heterocycles. The van der Waals surface area contributed by atoms with Crippen LogP contribution in [0.1, 0.15) is 0 Å². The van der Waals surface area contributed by atoms with E-state index in [2.05, 4.69) is 170 Å². The lowest BCUT2D eigenvalue weighted by atomic mass is 9.92. The van der Waals surface area contributed by atoms with E-state index in [0.29, 0.717) is 11.5 Å². The zero-order valence-electron chi connectivity index (χ0n) is 29.9. The van der Waals surface area contributed by atoms with Crippen LogP contribution in [0.15, 0.2) is 211 Å².